The monoisotopic (exact) mass is 272 g/mol. The summed E-state index contributed by atoms with van der Waals surface area (Å²) in [5, 5.41) is 0. The van der Waals surface area contributed by atoms with Gasteiger partial charge < -0.3 is 5.73 Å². The molecule has 1 saturated heterocycles. The molecule has 0 amide bonds. The highest BCUT2D eigenvalue weighted by molar-refractivity contribution is 9.10. The van der Waals surface area contributed by atoms with E-state index in [9.17, 15) is 4.39 Å². The molecule has 4 heteroatoms. The summed E-state index contributed by atoms with van der Waals surface area (Å²) < 4.78 is 13.5. The summed E-state index contributed by atoms with van der Waals surface area (Å²) in [4.78, 5) is 2.30. The predicted molar refractivity (Wildman–Crippen MR) is 62.0 cm³/mol. The molecule has 0 unspecified atom stereocenters. The quantitative estimate of drug-likeness (QED) is 0.894. The zero-order valence-electron chi connectivity index (χ0n) is 8.42. The van der Waals surface area contributed by atoms with Gasteiger partial charge in [0.25, 0.3) is 0 Å². The topological polar surface area (TPSA) is 29.3 Å². The van der Waals surface area contributed by atoms with Crippen molar-refractivity contribution < 1.29 is 4.39 Å². The lowest BCUT2D eigenvalue weighted by atomic mass is 10.2. The first-order valence-electron chi connectivity index (χ1n) is 5.07. The maximum absolute atomic E-state index is 13.0. The molecule has 1 aliphatic heterocycles. The first-order chi connectivity index (χ1) is 7.15. The van der Waals surface area contributed by atoms with Crippen molar-refractivity contribution >= 4 is 15.9 Å². The van der Waals surface area contributed by atoms with E-state index < -0.39 is 0 Å². The van der Waals surface area contributed by atoms with Crippen molar-refractivity contribution in [1.29, 1.82) is 0 Å². The summed E-state index contributed by atoms with van der Waals surface area (Å²) in [5.74, 6) is -0.211. The van der Waals surface area contributed by atoms with E-state index in [1.54, 1.807) is 0 Å². The largest absolute Gasteiger partial charge is 0.326 e. The number of rotatable bonds is 2. The van der Waals surface area contributed by atoms with Crippen LogP contribution in [-0.2, 0) is 6.54 Å². The van der Waals surface area contributed by atoms with E-state index in [1.165, 1.54) is 6.07 Å². The number of halogens is 2. The van der Waals surface area contributed by atoms with Crippen LogP contribution in [0.25, 0.3) is 0 Å². The third-order valence-corrected chi connectivity index (χ3v) is 3.31. The van der Waals surface area contributed by atoms with Crippen molar-refractivity contribution in [2.75, 3.05) is 13.1 Å². The number of nitrogens with zero attached hydrogens (tertiary/aromatic N) is 1. The minimum atomic E-state index is -0.211. The van der Waals surface area contributed by atoms with Gasteiger partial charge in [0.05, 0.1) is 4.47 Å². The lowest BCUT2D eigenvalue weighted by Gasteiger charge is -2.15. The highest BCUT2D eigenvalue weighted by Crippen LogP contribution is 2.19. The fourth-order valence-corrected chi connectivity index (χ4v) is 2.33. The molecule has 1 fully saturated rings. The van der Waals surface area contributed by atoms with E-state index >= 15 is 0 Å². The van der Waals surface area contributed by atoms with Crippen LogP contribution < -0.4 is 5.73 Å². The minimum Gasteiger partial charge on any atom is -0.326 e. The standard InChI is InChI=1S/C11H14BrFN2/c12-10-5-8(1-2-11(10)13)6-15-4-3-9(14)7-15/h1-2,5,9H,3-4,6-7,14H2/t9-/m0/s1. The lowest BCUT2D eigenvalue weighted by Crippen LogP contribution is -2.26. The Morgan fingerprint density at radius 1 is 1.53 bits per heavy atom. The average molecular weight is 273 g/mol. The molecule has 0 bridgehead atoms. The van der Waals surface area contributed by atoms with Crippen molar-refractivity contribution in [3.8, 4) is 0 Å². The van der Waals surface area contributed by atoms with Crippen LogP contribution in [0.4, 0.5) is 4.39 Å². The third-order valence-electron chi connectivity index (χ3n) is 2.70. The number of nitrogens with two attached hydrogens (primary N) is 1. The number of benzene rings is 1. The second kappa shape index (κ2) is 4.60. The Hall–Kier alpha value is -0.450. The van der Waals surface area contributed by atoms with E-state index in [0.717, 1.165) is 31.6 Å². The van der Waals surface area contributed by atoms with Gasteiger partial charge >= 0.3 is 0 Å². The van der Waals surface area contributed by atoms with Gasteiger partial charge in [-0.05, 0) is 40.0 Å². The molecule has 15 heavy (non-hydrogen) atoms. The zero-order valence-corrected chi connectivity index (χ0v) is 10.0. The van der Waals surface area contributed by atoms with Crippen molar-refractivity contribution in [2.45, 2.75) is 19.0 Å². The molecule has 0 aliphatic carbocycles. The first-order valence-corrected chi connectivity index (χ1v) is 5.86. The molecule has 82 valence electrons. The van der Waals surface area contributed by atoms with Gasteiger partial charge in [-0.3, -0.25) is 4.90 Å². The molecule has 1 heterocycles. The number of hydrogen-bond acceptors (Lipinski definition) is 2. The van der Waals surface area contributed by atoms with Gasteiger partial charge in [-0.2, -0.15) is 0 Å². The van der Waals surface area contributed by atoms with Crippen molar-refractivity contribution in [1.82, 2.24) is 4.90 Å². The number of likely N-dealkylation sites (tertiary alicyclic amines) is 1. The SMILES string of the molecule is N[C@H]1CCN(Cc2ccc(F)c(Br)c2)C1. The Labute approximate surface area is 97.4 Å². The predicted octanol–water partition coefficient (Wildman–Crippen LogP) is 2.12. The van der Waals surface area contributed by atoms with Gasteiger partial charge in [0, 0.05) is 25.7 Å². The molecule has 1 aliphatic rings. The van der Waals surface area contributed by atoms with Crippen LogP contribution in [0.1, 0.15) is 12.0 Å². The minimum absolute atomic E-state index is 0.211. The van der Waals surface area contributed by atoms with Gasteiger partial charge in [0.2, 0.25) is 0 Å². The Kier molecular flexibility index (Phi) is 3.38. The van der Waals surface area contributed by atoms with Crippen molar-refractivity contribution in [2.24, 2.45) is 5.73 Å². The summed E-state index contributed by atoms with van der Waals surface area (Å²) >= 11 is 3.19. The molecule has 2 N–H and O–H groups in total. The van der Waals surface area contributed by atoms with E-state index in [0.29, 0.717) is 10.5 Å². The van der Waals surface area contributed by atoms with Crippen LogP contribution in [0.15, 0.2) is 22.7 Å². The molecular weight excluding hydrogens is 259 g/mol. The maximum atomic E-state index is 13.0. The molecule has 2 nitrogen and oxygen atoms in total. The molecule has 0 radical (unpaired) electrons. The van der Waals surface area contributed by atoms with Gasteiger partial charge in [-0.25, -0.2) is 4.39 Å². The Balaban J connectivity index is 2.02. The van der Waals surface area contributed by atoms with Crippen molar-refractivity contribution in [3.05, 3.63) is 34.1 Å². The van der Waals surface area contributed by atoms with Gasteiger partial charge in [-0.15, -0.1) is 0 Å². The summed E-state index contributed by atoms with van der Waals surface area (Å²) in [6, 6.07) is 5.45. The summed E-state index contributed by atoms with van der Waals surface area (Å²) in [7, 11) is 0. The van der Waals surface area contributed by atoms with Crippen LogP contribution in [-0.4, -0.2) is 24.0 Å². The Bertz CT molecular complexity index is 356. The molecule has 0 saturated carbocycles. The van der Waals surface area contributed by atoms with Crippen LogP contribution >= 0.6 is 15.9 Å². The fourth-order valence-electron chi connectivity index (χ4n) is 1.90. The van der Waals surface area contributed by atoms with Crippen LogP contribution in [0, 0.1) is 5.82 Å². The van der Waals surface area contributed by atoms with Crippen LogP contribution in [0.2, 0.25) is 0 Å². The molecule has 1 aromatic carbocycles. The highest BCUT2D eigenvalue weighted by Gasteiger charge is 2.18. The highest BCUT2D eigenvalue weighted by atomic mass is 79.9. The zero-order chi connectivity index (χ0) is 10.8. The number of hydrogen-bond donors (Lipinski definition) is 1. The molecule has 0 spiro atoms. The summed E-state index contributed by atoms with van der Waals surface area (Å²) in [5.41, 5.74) is 6.94. The smallest absolute Gasteiger partial charge is 0.137 e. The van der Waals surface area contributed by atoms with Crippen LogP contribution in [0.5, 0.6) is 0 Å². The lowest BCUT2D eigenvalue weighted by molar-refractivity contribution is 0.326. The first kappa shape index (κ1) is 11.0. The maximum Gasteiger partial charge on any atom is 0.137 e. The fraction of sp³-hybridized carbons (Fsp3) is 0.455. The average Bonchev–Trinajstić information content (AvgIpc) is 2.58. The van der Waals surface area contributed by atoms with Crippen LogP contribution in [0.3, 0.4) is 0 Å². The summed E-state index contributed by atoms with van der Waals surface area (Å²) in [6.45, 7) is 2.83. The van der Waals surface area contributed by atoms with E-state index in [2.05, 4.69) is 20.8 Å². The molecule has 0 aromatic heterocycles. The van der Waals surface area contributed by atoms with E-state index in [-0.39, 0.29) is 5.82 Å². The second-order valence-electron chi connectivity index (χ2n) is 4.03. The Morgan fingerprint density at radius 2 is 2.33 bits per heavy atom. The van der Waals surface area contributed by atoms with Gasteiger partial charge in [0.1, 0.15) is 5.82 Å². The molecule has 1 aromatic rings. The normalized spacial score (nSPS) is 22.2. The third kappa shape index (κ3) is 2.77. The van der Waals surface area contributed by atoms with E-state index in [4.69, 9.17) is 5.73 Å². The van der Waals surface area contributed by atoms with Gasteiger partial charge in [0.15, 0.2) is 0 Å². The van der Waals surface area contributed by atoms with Gasteiger partial charge in [-0.1, -0.05) is 6.07 Å². The van der Waals surface area contributed by atoms with E-state index in [1.807, 2.05) is 12.1 Å². The molecule has 2 rings (SSSR count). The molecule has 1 atom stereocenters. The molecular formula is C11H14BrFN2. The Morgan fingerprint density at radius 3 is 2.93 bits per heavy atom. The summed E-state index contributed by atoms with van der Waals surface area (Å²) in [6.07, 6.45) is 1.06. The second-order valence-corrected chi connectivity index (χ2v) is 4.89. The van der Waals surface area contributed by atoms with Crippen molar-refractivity contribution in [3.63, 3.8) is 0 Å².